The van der Waals surface area contributed by atoms with Gasteiger partial charge in [-0.05, 0) is 12.8 Å². The van der Waals surface area contributed by atoms with Crippen molar-refractivity contribution in [3.05, 3.63) is 12.7 Å². The molecule has 1 atom stereocenters. The van der Waals surface area contributed by atoms with Crippen molar-refractivity contribution in [1.82, 2.24) is 5.32 Å². The molecule has 0 saturated heterocycles. The Kier molecular flexibility index (Phi) is 5.59. The van der Waals surface area contributed by atoms with E-state index >= 15 is 0 Å². The molecule has 0 rings (SSSR count). The van der Waals surface area contributed by atoms with Crippen molar-refractivity contribution < 1.29 is 14.7 Å². The van der Waals surface area contributed by atoms with Crippen molar-refractivity contribution in [2.45, 2.75) is 32.2 Å². The molecule has 0 radical (unpaired) electrons. The van der Waals surface area contributed by atoms with Crippen molar-refractivity contribution in [2.75, 3.05) is 0 Å². The average molecular weight is 185 g/mol. The van der Waals surface area contributed by atoms with Gasteiger partial charge in [-0.1, -0.05) is 13.0 Å². The normalized spacial score (nSPS) is 11.8. The van der Waals surface area contributed by atoms with Gasteiger partial charge in [0, 0.05) is 6.42 Å². The molecule has 2 N–H and O–H groups in total. The van der Waals surface area contributed by atoms with Crippen LogP contribution in [0.25, 0.3) is 0 Å². The Hall–Kier alpha value is -1.32. The van der Waals surface area contributed by atoms with E-state index in [-0.39, 0.29) is 5.91 Å². The van der Waals surface area contributed by atoms with E-state index in [1.807, 2.05) is 0 Å². The summed E-state index contributed by atoms with van der Waals surface area (Å²) in [5.41, 5.74) is 0. The molecule has 0 saturated carbocycles. The molecule has 0 unspecified atom stereocenters. The monoisotopic (exact) mass is 185 g/mol. The number of carbonyl (C=O) groups excluding carboxylic acids is 1. The summed E-state index contributed by atoms with van der Waals surface area (Å²) in [5, 5.41) is 11.0. The fourth-order valence-electron chi connectivity index (χ4n) is 0.838. The highest BCUT2D eigenvalue weighted by Crippen LogP contribution is 1.94. The van der Waals surface area contributed by atoms with Gasteiger partial charge in [-0.3, -0.25) is 4.79 Å². The van der Waals surface area contributed by atoms with Crippen LogP contribution in [0.2, 0.25) is 0 Å². The predicted molar refractivity (Wildman–Crippen MR) is 49.3 cm³/mol. The molecule has 0 aliphatic rings. The summed E-state index contributed by atoms with van der Waals surface area (Å²) in [4.78, 5) is 21.6. The van der Waals surface area contributed by atoms with Crippen LogP contribution in [0.5, 0.6) is 0 Å². The molecule has 4 nitrogen and oxygen atoms in total. The fourth-order valence-corrected chi connectivity index (χ4v) is 0.838. The lowest BCUT2D eigenvalue weighted by Gasteiger charge is -2.11. The Balaban J connectivity index is 3.86. The second-order valence-corrected chi connectivity index (χ2v) is 2.69. The van der Waals surface area contributed by atoms with Crippen LogP contribution in [0.4, 0.5) is 0 Å². The predicted octanol–water partition coefficient (Wildman–Crippen LogP) is 0.932. The fraction of sp³-hybridized carbons (Fsp3) is 0.556. The van der Waals surface area contributed by atoms with Crippen LogP contribution in [0, 0.1) is 0 Å². The highest BCUT2D eigenvalue weighted by atomic mass is 16.4. The molecule has 0 heterocycles. The third-order valence-corrected chi connectivity index (χ3v) is 1.62. The minimum absolute atomic E-state index is 0.242. The number of nitrogens with one attached hydrogen (secondary N) is 1. The van der Waals surface area contributed by atoms with E-state index in [1.165, 1.54) is 0 Å². The maximum atomic E-state index is 11.1. The first-order valence-corrected chi connectivity index (χ1v) is 4.24. The van der Waals surface area contributed by atoms with Crippen LogP contribution >= 0.6 is 0 Å². The number of hydrogen-bond donors (Lipinski definition) is 2. The lowest BCUT2D eigenvalue weighted by Crippen LogP contribution is -2.40. The molecule has 0 aromatic rings. The lowest BCUT2D eigenvalue weighted by atomic mass is 10.2. The number of carbonyl (C=O) groups is 2. The number of rotatable bonds is 6. The summed E-state index contributed by atoms with van der Waals surface area (Å²) in [6, 6.07) is -0.766. The van der Waals surface area contributed by atoms with Gasteiger partial charge in [0.25, 0.3) is 0 Å². The number of amides is 1. The number of carboxylic acid groups (broad SMARTS) is 1. The van der Waals surface area contributed by atoms with Crippen LogP contribution in [0.1, 0.15) is 26.2 Å². The van der Waals surface area contributed by atoms with Crippen molar-refractivity contribution in [2.24, 2.45) is 0 Å². The summed E-state index contributed by atoms with van der Waals surface area (Å²) in [6.45, 7) is 5.19. The van der Waals surface area contributed by atoms with E-state index in [0.29, 0.717) is 19.3 Å². The van der Waals surface area contributed by atoms with Crippen LogP contribution in [-0.2, 0) is 9.59 Å². The average Bonchev–Trinajstić information content (AvgIpc) is 2.10. The second-order valence-electron chi connectivity index (χ2n) is 2.69. The first-order valence-electron chi connectivity index (χ1n) is 4.24. The molecule has 0 spiro atoms. The minimum atomic E-state index is -0.991. The van der Waals surface area contributed by atoms with Gasteiger partial charge in [0.1, 0.15) is 6.04 Å². The van der Waals surface area contributed by atoms with Gasteiger partial charge in [0.15, 0.2) is 0 Å². The second kappa shape index (κ2) is 6.22. The summed E-state index contributed by atoms with van der Waals surface area (Å²) in [6.07, 6.45) is 2.89. The molecular formula is C9H15NO3. The van der Waals surface area contributed by atoms with Crippen molar-refractivity contribution in [3.63, 3.8) is 0 Å². The van der Waals surface area contributed by atoms with Crippen molar-refractivity contribution in [1.29, 1.82) is 0 Å². The van der Waals surface area contributed by atoms with E-state index in [4.69, 9.17) is 5.11 Å². The standard InChI is InChI=1S/C9H15NO3/c1-3-5-6-8(11)10-7(4-2)9(12)13/h3,7H,1,4-6H2,2H3,(H,10,11)(H,12,13)/t7-/m0/s1. The molecule has 74 valence electrons. The Morgan fingerprint density at radius 2 is 2.23 bits per heavy atom. The number of hydrogen-bond acceptors (Lipinski definition) is 2. The first-order chi connectivity index (χ1) is 6.11. The maximum Gasteiger partial charge on any atom is 0.326 e. The van der Waals surface area contributed by atoms with Gasteiger partial charge >= 0.3 is 5.97 Å². The molecule has 13 heavy (non-hydrogen) atoms. The first kappa shape index (κ1) is 11.7. The van der Waals surface area contributed by atoms with Crippen molar-refractivity contribution in [3.8, 4) is 0 Å². The molecule has 0 aliphatic heterocycles. The highest BCUT2D eigenvalue weighted by molar-refractivity contribution is 5.83. The van der Waals surface area contributed by atoms with Gasteiger partial charge in [-0.2, -0.15) is 0 Å². The molecule has 0 aliphatic carbocycles. The number of allylic oxidation sites excluding steroid dienone is 1. The largest absolute Gasteiger partial charge is 0.480 e. The summed E-state index contributed by atoms with van der Waals surface area (Å²) in [5.74, 6) is -1.23. The third-order valence-electron chi connectivity index (χ3n) is 1.62. The molecule has 0 bridgehead atoms. The van der Waals surface area contributed by atoms with E-state index in [1.54, 1.807) is 13.0 Å². The molecule has 4 heteroatoms. The van der Waals surface area contributed by atoms with Gasteiger partial charge in [-0.15, -0.1) is 6.58 Å². The van der Waals surface area contributed by atoms with Gasteiger partial charge in [0.05, 0.1) is 0 Å². The molecular weight excluding hydrogens is 170 g/mol. The summed E-state index contributed by atoms with van der Waals surface area (Å²) < 4.78 is 0. The summed E-state index contributed by atoms with van der Waals surface area (Å²) >= 11 is 0. The third kappa shape index (κ3) is 5.00. The van der Waals surface area contributed by atoms with Crippen LogP contribution in [-0.4, -0.2) is 23.0 Å². The molecule has 0 aromatic carbocycles. The molecule has 0 aromatic heterocycles. The number of carboxylic acids is 1. The Labute approximate surface area is 77.6 Å². The zero-order chi connectivity index (χ0) is 10.3. The zero-order valence-electron chi connectivity index (χ0n) is 7.75. The van der Waals surface area contributed by atoms with Crippen molar-refractivity contribution >= 4 is 11.9 Å². The zero-order valence-corrected chi connectivity index (χ0v) is 7.75. The molecule has 0 fully saturated rings. The van der Waals surface area contributed by atoms with Crippen LogP contribution < -0.4 is 5.32 Å². The van der Waals surface area contributed by atoms with Crippen LogP contribution in [0.15, 0.2) is 12.7 Å². The van der Waals surface area contributed by atoms with E-state index in [0.717, 1.165) is 0 Å². The summed E-state index contributed by atoms with van der Waals surface area (Å²) in [7, 11) is 0. The Morgan fingerprint density at radius 1 is 1.62 bits per heavy atom. The highest BCUT2D eigenvalue weighted by Gasteiger charge is 2.16. The lowest BCUT2D eigenvalue weighted by molar-refractivity contribution is -0.141. The SMILES string of the molecule is C=CCCC(=O)N[C@@H](CC)C(=O)O. The van der Waals surface area contributed by atoms with Crippen LogP contribution in [0.3, 0.4) is 0 Å². The number of aliphatic carboxylic acids is 1. The van der Waals surface area contributed by atoms with E-state index in [2.05, 4.69) is 11.9 Å². The topological polar surface area (TPSA) is 66.4 Å². The Morgan fingerprint density at radius 3 is 2.62 bits per heavy atom. The quantitative estimate of drug-likeness (QED) is 0.605. The smallest absolute Gasteiger partial charge is 0.326 e. The van der Waals surface area contributed by atoms with Gasteiger partial charge < -0.3 is 10.4 Å². The maximum absolute atomic E-state index is 11.1. The van der Waals surface area contributed by atoms with Gasteiger partial charge in [-0.25, -0.2) is 4.79 Å². The van der Waals surface area contributed by atoms with E-state index < -0.39 is 12.0 Å². The van der Waals surface area contributed by atoms with Gasteiger partial charge in [0.2, 0.25) is 5.91 Å². The minimum Gasteiger partial charge on any atom is -0.480 e. The Bertz CT molecular complexity index is 201. The molecule has 1 amide bonds. The van der Waals surface area contributed by atoms with E-state index in [9.17, 15) is 9.59 Å².